The van der Waals surface area contributed by atoms with Crippen LogP contribution in [0.1, 0.15) is 49.4 Å². The monoisotopic (exact) mass is 241 g/mol. The van der Waals surface area contributed by atoms with Gasteiger partial charge < -0.3 is 5.73 Å². The average molecular weight is 242 g/mol. The zero-order valence-corrected chi connectivity index (χ0v) is 11.6. The second-order valence-corrected chi connectivity index (χ2v) is 4.92. The molecule has 1 rings (SSSR count). The molecule has 16 heavy (non-hydrogen) atoms. The maximum Gasteiger partial charge on any atom is 0.0295 e. The number of halogens is 1. The van der Waals surface area contributed by atoms with Crippen LogP contribution in [-0.4, -0.2) is 0 Å². The predicted octanol–water partition coefficient (Wildman–Crippen LogP) is 4.16. The molecule has 0 aromatic heterocycles. The molecule has 0 spiro atoms. The third-order valence-corrected chi connectivity index (χ3v) is 3.01. The second-order valence-electron chi connectivity index (χ2n) is 4.92. The van der Waals surface area contributed by atoms with Crippen LogP contribution in [0.3, 0.4) is 0 Å². The summed E-state index contributed by atoms with van der Waals surface area (Å²) in [6, 6.07) is 6.75. The van der Waals surface area contributed by atoms with Gasteiger partial charge in [-0.25, -0.2) is 0 Å². The van der Waals surface area contributed by atoms with E-state index in [1.807, 2.05) is 0 Å². The summed E-state index contributed by atoms with van der Waals surface area (Å²) in [5.41, 5.74) is 10.1. The van der Waals surface area contributed by atoms with Crippen LogP contribution in [0.5, 0.6) is 0 Å². The lowest BCUT2D eigenvalue weighted by Gasteiger charge is -2.14. The lowest BCUT2D eigenvalue weighted by Crippen LogP contribution is -2.11. The van der Waals surface area contributed by atoms with Crippen molar-refractivity contribution < 1.29 is 0 Å². The van der Waals surface area contributed by atoms with Crippen molar-refractivity contribution in [1.82, 2.24) is 0 Å². The fourth-order valence-electron chi connectivity index (χ4n) is 1.67. The van der Waals surface area contributed by atoms with Gasteiger partial charge in [-0.3, -0.25) is 0 Å². The van der Waals surface area contributed by atoms with Gasteiger partial charge in [0.05, 0.1) is 0 Å². The molecule has 0 aliphatic rings. The van der Waals surface area contributed by atoms with Gasteiger partial charge in [-0.15, -0.1) is 12.4 Å². The number of rotatable bonds is 4. The molecule has 1 nitrogen and oxygen atoms in total. The normalized spacial score (nSPS) is 12.4. The molecule has 0 saturated carbocycles. The van der Waals surface area contributed by atoms with Gasteiger partial charge >= 0.3 is 0 Å². The quantitative estimate of drug-likeness (QED) is 0.842. The number of hydrogen-bond acceptors (Lipinski definition) is 1. The largest absolute Gasteiger partial charge is 0.324 e. The first-order chi connectivity index (χ1) is 7.00. The molecular weight excluding hydrogens is 218 g/mol. The molecule has 0 unspecified atom stereocenters. The summed E-state index contributed by atoms with van der Waals surface area (Å²) < 4.78 is 0. The van der Waals surface area contributed by atoms with Gasteiger partial charge in [0.1, 0.15) is 0 Å². The minimum absolute atomic E-state index is 0. The average Bonchev–Trinajstić information content (AvgIpc) is 2.18. The maximum atomic E-state index is 6.16. The minimum Gasteiger partial charge on any atom is -0.324 e. The topological polar surface area (TPSA) is 26.0 Å². The Hall–Kier alpha value is -0.530. The highest BCUT2D eigenvalue weighted by Gasteiger charge is 2.07. The fraction of sp³-hybridized carbons (Fsp3) is 0.571. The molecule has 92 valence electrons. The van der Waals surface area contributed by atoms with Crippen LogP contribution in [0, 0.1) is 19.8 Å². The zero-order chi connectivity index (χ0) is 11.4. The summed E-state index contributed by atoms with van der Waals surface area (Å²) in [4.78, 5) is 0. The van der Waals surface area contributed by atoms with Gasteiger partial charge in [0.25, 0.3) is 0 Å². The molecule has 1 aromatic carbocycles. The van der Waals surface area contributed by atoms with E-state index in [1.54, 1.807) is 0 Å². The molecule has 0 heterocycles. The van der Waals surface area contributed by atoms with E-state index in [2.05, 4.69) is 45.9 Å². The SMILES string of the molecule is Cc1ccc([C@H](N)CCC(C)C)cc1C.Cl. The number of nitrogens with two attached hydrogens (primary N) is 1. The lowest BCUT2D eigenvalue weighted by molar-refractivity contribution is 0.507. The number of benzene rings is 1. The Morgan fingerprint density at radius 3 is 2.19 bits per heavy atom. The van der Waals surface area contributed by atoms with E-state index >= 15 is 0 Å². The van der Waals surface area contributed by atoms with Gasteiger partial charge in [-0.2, -0.15) is 0 Å². The van der Waals surface area contributed by atoms with Crippen molar-refractivity contribution in [2.75, 3.05) is 0 Å². The number of hydrogen-bond donors (Lipinski definition) is 1. The van der Waals surface area contributed by atoms with Gasteiger partial charge in [-0.05, 0) is 49.3 Å². The van der Waals surface area contributed by atoms with E-state index in [9.17, 15) is 0 Å². The Balaban J connectivity index is 0.00000225. The van der Waals surface area contributed by atoms with Crippen LogP contribution in [-0.2, 0) is 0 Å². The Morgan fingerprint density at radius 1 is 1.06 bits per heavy atom. The molecule has 1 atom stereocenters. The van der Waals surface area contributed by atoms with E-state index in [-0.39, 0.29) is 18.4 Å². The smallest absolute Gasteiger partial charge is 0.0295 e. The van der Waals surface area contributed by atoms with Crippen molar-refractivity contribution in [3.8, 4) is 0 Å². The number of aryl methyl sites for hydroxylation is 2. The van der Waals surface area contributed by atoms with E-state index in [4.69, 9.17) is 5.73 Å². The van der Waals surface area contributed by atoms with Crippen molar-refractivity contribution >= 4 is 12.4 Å². The summed E-state index contributed by atoms with van der Waals surface area (Å²) in [6.45, 7) is 8.77. The maximum absolute atomic E-state index is 6.16. The molecule has 0 aliphatic heterocycles. The summed E-state index contributed by atoms with van der Waals surface area (Å²) >= 11 is 0. The van der Waals surface area contributed by atoms with Gasteiger partial charge in [0.15, 0.2) is 0 Å². The molecule has 1 aromatic rings. The van der Waals surface area contributed by atoms with Crippen LogP contribution in [0.15, 0.2) is 18.2 Å². The molecule has 0 radical (unpaired) electrons. The van der Waals surface area contributed by atoms with Gasteiger partial charge in [-0.1, -0.05) is 32.0 Å². The van der Waals surface area contributed by atoms with Crippen LogP contribution < -0.4 is 5.73 Å². The predicted molar refractivity (Wildman–Crippen MR) is 74.2 cm³/mol. The Bertz CT molecular complexity index is 321. The van der Waals surface area contributed by atoms with Gasteiger partial charge in [0, 0.05) is 6.04 Å². The summed E-state index contributed by atoms with van der Waals surface area (Å²) in [6.07, 6.45) is 2.29. The minimum atomic E-state index is 0. The highest BCUT2D eigenvalue weighted by Crippen LogP contribution is 2.20. The summed E-state index contributed by atoms with van der Waals surface area (Å²) in [7, 11) is 0. The molecule has 0 amide bonds. The first kappa shape index (κ1) is 15.5. The van der Waals surface area contributed by atoms with Crippen molar-refractivity contribution in [1.29, 1.82) is 0 Å². The Kier molecular flexibility index (Phi) is 6.70. The van der Waals surface area contributed by atoms with Crippen LogP contribution in [0.4, 0.5) is 0 Å². The van der Waals surface area contributed by atoms with Crippen LogP contribution in [0.25, 0.3) is 0 Å². The third kappa shape index (κ3) is 4.54. The van der Waals surface area contributed by atoms with Crippen LogP contribution in [0.2, 0.25) is 0 Å². The fourth-order valence-corrected chi connectivity index (χ4v) is 1.67. The van der Waals surface area contributed by atoms with E-state index < -0.39 is 0 Å². The Morgan fingerprint density at radius 2 is 1.69 bits per heavy atom. The van der Waals surface area contributed by atoms with E-state index in [0.717, 1.165) is 12.3 Å². The second kappa shape index (κ2) is 6.93. The first-order valence-corrected chi connectivity index (χ1v) is 5.83. The van der Waals surface area contributed by atoms with Crippen molar-refractivity contribution in [2.45, 2.75) is 46.6 Å². The zero-order valence-electron chi connectivity index (χ0n) is 10.8. The standard InChI is InChI=1S/C14H23N.ClH/c1-10(2)5-8-14(15)13-7-6-11(3)12(4)9-13;/h6-7,9-10,14H,5,8,15H2,1-4H3;1H/t14-;/m1./s1. The van der Waals surface area contributed by atoms with E-state index in [0.29, 0.717) is 0 Å². The Labute approximate surface area is 106 Å². The van der Waals surface area contributed by atoms with Crippen LogP contribution >= 0.6 is 12.4 Å². The lowest BCUT2D eigenvalue weighted by atomic mass is 9.96. The third-order valence-electron chi connectivity index (χ3n) is 3.01. The molecule has 0 fully saturated rings. The van der Waals surface area contributed by atoms with Crippen molar-refractivity contribution in [2.24, 2.45) is 11.7 Å². The molecule has 0 bridgehead atoms. The highest BCUT2D eigenvalue weighted by molar-refractivity contribution is 5.85. The first-order valence-electron chi connectivity index (χ1n) is 5.83. The summed E-state index contributed by atoms with van der Waals surface area (Å²) in [5, 5.41) is 0. The molecule has 0 saturated heterocycles. The molecule has 2 heteroatoms. The van der Waals surface area contributed by atoms with E-state index in [1.165, 1.54) is 23.1 Å². The van der Waals surface area contributed by atoms with Crippen molar-refractivity contribution in [3.05, 3.63) is 34.9 Å². The molecule has 2 N–H and O–H groups in total. The molecule has 0 aliphatic carbocycles. The molecular formula is C14H24ClN. The highest BCUT2D eigenvalue weighted by atomic mass is 35.5. The van der Waals surface area contributed by atoms with Gasteiger partial charge in [0.2, 0.25) is 0 Å². The summed E-state index contributed by atoms with van der Waals surface area (Å²) in [5.74, 6) is 0.739. The van der Waals surface area contributed by atoms with Crippen molar-refractivity contribution in [3.63, 3.8) is 0 Å².